The first-order valence-electron chi connectivity index (χ1n) is 8.81. The molecule has 0 fully saturated rings. The van der Waals surface area contributed by atoms with E-state index in [1.165, 1.54) is 12.1 Å². The highest BCUT2D eigenvalue weighted by molar-refractivity contribution is 5.96. The number of benzene rings is 2. The molecular formula is C21H26FN3O2. The normalized spacial score (nSPS) is 11.9. The van der Waals surface area contributed by atoms with Gasteiger partial charge in [-0.15, -0.1) is 0 Å². The van der Waals surface area contributed by atoms with Crippen LogP contribution in [0.4, 0.5) is 4.39 Å². The van der Waals surface area contributed by atoms with Gasteiger partial charge in [0, 0.05) is 12.1 Å². The maximum absolute atomic E-state index is 13.5. The maximum Gasteiger partial charge on any atom is 0.251 e. The summed E-state index contributed by atoms with van der Waals surface area (Å²) in [5.41, 5.74) is 3.30. The van der Waals surface area contributed by atoms with Gasteiger partial charge >= 0.3 is 0 Å². The van der Waals surface area contributed by atoms with Gasteiger partial charge in [-0.1, -0.05) is 29.3 Å². The van der Waals surface area contributed by atoms with Crippen molar-refractivity contribution >= 4 is 11.8 Å². The van der Waals surface area contributed by atoms with Crippen LogP contribution in [-0.4, -0.2) is 43.9 Å². The second kappa shape index (κ2) is 9.28. The quantitative estimate of drug-likeness (QED) is 0.786. The molecule has 2 N–H and O–H groups in total. The molecule has 0 spiro atoms. The van der Waals surface area contributed by atoms with Gasteiger partial charge < -0.3 is 15.5 Å². The van der Waals surface area contributed by atoms with E-state index in [1.807, 2.05) is 45.0 Å². The van der Waals surface area contributed by atoms with Gasteiger partial charge in [0.05, 0.1) is 12.6 Å². The fourth-order valence-corrected chi connectivity index (χ4v) is 2.95. The van der Waals surface area contributed by atoms with Crippen molar-refractivity contribution in [2.24, 2.45) is 0 Å². The van der Waals surface area contributed by atoms with E-state index in [0.29, 0.717) is 12.1 Å². The lowest BCUT2D eigenvalue weighted by atomic mass is 10.1. The zero-order chi connectivity index (χ0) is 20.0. The summed E-state index contributed by atoms with van der Waals surface area (Å²) in [5, 5.41) is 5.42. The molecule has 6 heteroatoms. The van der Waals surface area contributed by atoms with Crippen LogP contribution in [-0.2, 0) is 4.79 Å². The number of carbonyl (C=O) groups excluding carboxylic acids is 2. The molecule has 0 aliphatic carbocycles. The van der Waals surface area contributed by atoms with E-state index < -0.39 is 0 Å². The summed E-state index contributed by atoms with van der Waals surface area (Å²) >= 11 is 0. The maximum atomic E-state index is 13.5. The van der Waals surface area contributed by atoms with E-state index >= 15 is 0 Å². The first-order chi connectivity index (χ1) is 12.8. The Labute approximate surface area is 159 Å². The molecule has 0 heterocycles. The topological polar surface area (TPSA) is 61.4 Å². The van der Waals surface area contributed by atoms with Gasteiger partial charge in [0.2, 0.25) is 5.91 Å². The third-order valence-electron chi connectivity index (χ3n) is 4.24. The van der Waals surface area contributed by atoms with Gasteiger partial charge in [0.25, 0.3) is 5.91 Å². The smallest absolute Gasteiger partial charge is 0.251 e. The lowest BCUT2D eigenvalue weighted by Crippen LogP contribution is -2.40. The number of halogens is 1. The van der Waals surface area contributed by atoms with Gasteiger partial charge in [-0.2, -0.15) is 0 Å². The van der Waals surface area contributed by atoms with Crippen molar-refractivity contribution in [1.29, 1.82) is 0 Å². The predicted molar refractivity (Wildman–Crippen MR) is 104 cm³/mol. The lowest BCUT2D eigenvalue weighted by molar-refractivity contribution is -0.120. The summed E-state index contributed by atoms with van der Waals surface area (Å²) in [6, 6.07) is 11.7. The highest BCUT2D eigenvalue weighted by Crippen LogP contribution is 2.18. The zero-order valence-corrected chi connectivity index (χ0v) is 16.2. The third-order valence-corrected chi connectivity index (χ3v) is 4.24. The summed E-state index contributed by atoms with van der Waals surface area (Å²) < 4.78 is 13.5. The van der Waals surface area contributed by atoms with Crippen LogP contribution in [0.2, 0.25) is 0 Å². The van der Waals surface area contributed by atoms with Crippen LogP contribution in [0.5, 0.6) is 0 Å². The number of nitrogens with zero attached hydrogens (tertiary/aromatic N) is 1. The predicted octanol–water partition coefficient (Wildman–Crippen LogP) is 2.59. The second-order valence-corrected chi connectivity index (χ2v) is 6.90. The molecule has 0 bridgehead atoms. The molecule has 144 valence electrons. The number of hydrogen-bond acceptors (Lipinski definition) is 3. The summed E-state index contributed by atoms with van der Waals surface area (Å²) in [6.07, 6.45) is 0. The van der Waals surface area contributed by atoms with Crippen LogP contribution in [0, 0.1) is 19.7 Å². The van der Waals surface area contributed by atoms with E-state index in [0.717, 1.165) is 16.7 Å². The summed E-state index contributed by atoms with van der Waals surface area (Å²) in [4.78, 5) is 26.2. The van der Waals surface area contributed by atoms with E-state index in [1.54, 1.807) is 18.2 Å². The molecule has 1 unspecified atom stereocenters. The average molecular weight is 371 g/mol. The molecular weight excluding hydrogens is 345 g/mol. The summed E-state index contributed by atoms with van der Waals surface area (Å²) in [5.74, 6) is -0.895. The molecule has 1 atom stereocenters. The SMILES string of the molecule is Cc1cc(C)cc(C(=O)NCC(=O)NCC(c2cccc(F)c2)N(C)C)c1. The highest BCUT2D eigenvalue weighted by Gasteiger charge is 2.16. The van der Waals surface area contributed by atoms with Crippen molar-refractivity contribution in [2.75, 3.05) is 27.2 Å². The Hall–Kier alpha value is -2.73. The van der Waals surface area contributed by atoms with E-state index in [-0.39, 0.29) is 30.2 Å². The van der Waals surface area contributed by atoms with Crippen molar-refractivity contribution in [1.82, 2.24) is 15.5 Å². The molecule has 27 heavy (non-hydrogen) atoms. The molecule has 0 saturated carbocycles. The Bertz CT molecular complexity index is 801. The Morgan fingerprint density at radius 1 is 1.04 bits per heavy atom. The second-order valence-electron chi connectivity index (χ2n) is 6.90. The monoisotopic (exact) mass is 371 g/mol. The van der Waals surface area contributed by atoms with Gasteiger partial charge in [-0.05, 0) is 57.8 Å². The zero-order valence-electron chi connectivity index (χ0n) is 16.2. The molecule has 5 nitrogen and oxygen atoms in total. The number of carbonyl (C=O) groups is 2. The van der Waals surface area contributed by atoms with Crippen LogP contribution in [0.1, 0.15) is 33.1 Å². The third kappa shape index (κ3) is 6.18. The number of amides is 2. The Kier molecular flexibility index (Phi) is 7.07. The van der Waals surface area contributed by atoms with Gasteiger partial charge in [-0.25, -0.2) is 4.39 Å². The highest BCUT2D eigenvalue weighted by atomic mass is 19.1. The molecule has 2 aromatic carbocycles. The minimum Gasteiger partial charge on any atom is -0.353 e. The minimum atomic E-state index is -0.314. The van der Waals surface area contributed by atoms with Crippen LogP contribution in [0.3, 0.4) is 0 Å². The summed E-state index contributed by atoms with van der Waals surface area (Å²) in [6.45, 7) is 4.04. The van der Waals surface area contributed by atoms with Crippen molar-refractivity contribution in [3.63, 3.8) is 0 Å². The van der Waals surface area contributed by atoms with Crippen LogP contribution < -0.4 is 10.6 Å². The van der Waals surface area contributed by atoms with Gasteiger partial charge in [0.15, 0.2) is 0 Å². The average Bonchev–Trinajstić information content (AvgIpc) is 2.58. The van der Waals surface area contributed by atoms with E-state index in [2.05, 4.69) is 10.6 Å². The number of rotatable bonds is 7. The summed E-state index contributed by atoms with van der Waals surface area (Å²) in [7, 11) is 3.73. The Morgan fingerprint density at radius 3 is 2.30 bits per heavy atom. The molecule has 0 aliphatic rings. The van der Waals surface area contributed by atoms with Gasteiger partial charge in [-0.3, -0.25) is 9.59 Å². The van der Waals surface area contributed by atoms with Crippen molar-refractivity contribution in [3.05, 3.63) is 70.5 Å². The van der Waals surface area contributed by atoms with Crippen LogP contribution >= 0.6 is 0 Å². The number of aryl methyl sites for hydroxylation is 2. The largest absolute Gasteiger partial charge is 0.353 e. The van der Waals surface area contributed by atoms with Crippen molar-refractivity contribution < 1.29 is 14.0 Å². The molecule has 0 saturated heterocycles. The van der Waals surface area contributed by atoms with E-state index in [9.17, 15) is 14.0 Å². The number of likely N-dealkylation sites (N-methyl/N-ethyl adjacent to an activating group) is 1. The molecule has 2 amide bonds. The van der Waals surface area contributed by atoms with Crippen LogP contribution in [0.15, 0.2) is 42.5 Å². The van der Waals surface area contributed by atoms with Crippen molar-refractivity contribution in [3.8, 4) is 0 Å². The molecule has 0 radical (unpaired) electrons. The van der Waals surface area contributed by atoms with Crippen molar-refractivity contribution in [2.45, 2.75) is 19.9 Å². The molecule has 0 aliphatic heterocycles. The standard InChI is InChI=1S/C21H26FN3O2/c1-14-8-15(2)10-17(9-14)21(27)24-13-20(26)23-12-19(25(3)4)16-6-5-7-18(22)11-16/h5-11,19H,12-13H2,1-4H3,(H,23,26)(H,24,27). The first-order valence-corrected chi connectivity index (χ1v) is 8.81. The number of nitrogens with one attached hydrogen (secondary N) is 2. The number of hydrogen-bond donors (Lipinski definition) is 2. The van der Waals surface area contributed by atoms with Crippen LogP contribution in [0.25, 0.3) is 0 Å². The fourth-order valence-electron chi connectivity index (χ4n) is 2.95. The van der Waals surface area contributed by atoms with E-state index in [4.69, 9.17) is 0 Å². The fraction of sp³-hybridized carbons (Fsp3) is 0.333. The molecule has 0 aromatic heterocycles. The first kappa shape index (κ1) is 20.6. The Balaban J connectivity index is 1.90. The Morgan fingerprint density at radius 2 is 1.70 bits per heavy atom. The molecule has 2 rings (SSSR count). The minimum absolute atomic E-state index is 0.116. The van der Waals surface area contributed by atoms with Gasteiger partial charge in [0.1, 0.15) is 5.82 Å². The molecule has 2 aromatic rings. The lowest BCUT2D eigenvalue weighted by Gasteiger charge is -2.25.